The van der Waals surface area contributed by atoms with Crippen LogP contribution in [-0.2, 0) is 12.7 Å². The van der Waals surface area contributed by atoms with Gasteiger partial charge in [-0.3, -0.25) is 0 Å². The van der Waals surface area contributed by atoms with E-state index < -0.39 is 18.0 Å². The Bertz CT molecular complexity index is 1020. The number of imidazole rings is 1. The molecule has 0 saturated heterocycles. The number of nitrogens with zero attached hydrogens (tertiary/aromatic N) is 3. The van der Waals surface area contributed by atoms with Gasteiger partial charge in [0, 0.05) is 25.0 Å². The fourth-order valence-corrected chi connectivity index (χ4v) is 3.00. The topological polar surface area (TPSA) is 81.1 Å². The fourth-order valence-electron chi connectivity index (χ4n) is 2.75. The van der Waals surface area contributed by atoms with E-state index in [1.807, 2.05) is 0 Å². The third-order valence-electron chi connectivity index (χ3n) is 4.01. The summed E-state index contributed by atoms with van der Waals surface area (Å²) in [4.78, 5) is 19.6. The third-order valence-corrected chi connectivity index (χ3v) is 4.31. The van der Waals surface area contributed by atoms with Crippen LogP contribution < -0.4 is 15.4 Å². The highest BCUT2D eigenvalue weighted by molar-refractivity contribution is 6.32. The second-order valence-corrected chi connectivity index (χ2v) is 6.42. The maximum absolute atomic E-state index is 13.2. The van der Waals surface area contributed by atoms with Gasteiger partial charge in [-0.15, -0.1) is 0 Å². The number of rotatable bonds is 6. The van der Waals surface area contributed by atoms with Crippen molar-refractivity contribution in [2.24, 2.45) is 0 Å². The van der Waals surface area contributed by atoms with Crippen LogP contribution in [0.1, 0.15) is 12.2 Å². The zero-order chi connectivity index (χ0) is 21.0. The van der Waals surface area contributed by atoms with Crippen molar-refractivity contribution in [1.29, 1.82) is 0 Å². The average molecular weight is 428 g/mol. The van der Waals surface area contributed by atoms with E-state index in [-0.39, 0.29) is 30.7 Å². The smallest absolute Gasteiger partial charge is 0.449 e. The molecule has 0 fully saturated rings. The third kappa shape index (κ3) is 4.89. The van der Waals surface area contributed by atoms with Crippen LogP contribution in [-0.4, -0.2) is 34.2 Å². The zero-order valence-electron chi connectivity index (χ0n) is 15.3. The van der Waals surface area contributed by atoms with Crippen LogP contribution in [0.15, 0.2) is 36.5 Å². The number of alkyl halides is 3. The Morgan fingerprint density at radius 1 is 1.31 bits per heavy atom. The molecular formula is C18H17ClF3N5O2. The predicted molar refractivity (Wildman–Crippen MR) is 102 cm³/mol. The van der Waals surface area contributed by atoms with Crippen LogP contribution in [0.2, 0.25) is 5.02 Å². The fraction of sp³-hybridized carbons (Fsp3) is 0.278. The standard InChI is InChI=1S/C18H17ClF3N5O2/c1-29-14-6-5-11(10-12(14)19)25-17(28)24-8-3-9-27-15-13(4-2-7-23-15)26-16(27)18(20,21)22/h2,4-7,10H,3,8-9H2,1H3,(H2,24,25,28). The highest BCUT2D eigenvalue weighted by Gasteiger charge is 2.37. The Labute approximate surface area is 168 Å². The van der Waals surface area contributed by atoms with Crippen molar-refractivity contribution in [3.63, 3.8) is 0 Å². The van der Waals surface area contributed by atoms with E-state index >= 15 is 0 Å². The van der Waals surface area contributed by atoms with Gasteiger partial charge in [0.15, 0.2) is 5.65 Å². The second-order valence-electron chi connectivity index (χ2n) is 6.01. The lowest BCUT2D eigenvalue weighted by Gasteiger charge is -2.12. The van der Waals surface area contributed by atoms with Crippen LogP contribution in [0.25, 0.3) is 11.2 Å². The largest absolute Gasteiger partial charge is 0.495 e. The molecule has 2 aromatic heterocycles. The molecule has 0 aliphatic heterocycles. The number of hydrogen-bond donors (Lipinski definition) is 2. The SMILES string of the molecule is COc1ccc(NC(=O)NCCCn2c(C(F)(F)F)nc3cccnc32)cc1Cl. The first-order valence-corrected chi connectivity index (χ1v) is 8.94. The van der Waals surface area contributed by atoms with Gasteiger partial charge in [0.25, 0.3) is 0 Å². The first-order valence-electron chi connectivity index (χ1n) is 8.56. The number of aromatic nitrogens is 3. The van der Waals surface area contributed by atoms with E-state index in [4.69, 9.17) is 16.3 Å². The summed E-state index contributed by atoms with van der Waals surface area (Å²) in [5.74, 6) is -0.539. The minimum absolute atomic E-state index is 0.00298. The molecule has 0 aliphatic rings. The molecule has 29 heavy (non-hydrogen) atoms. The number of pyridine rings is 1. The van der Waals surface area contributed by atoms with Gasteiger partial charge >= 0.3 is 12.2 Å². The molecule has 3 aromatic rings. The molecule has 11 heteroatoms. The molecule has 1 aromatic carbocycles. The van der Waals surface area contributed by atoms with E-state index in [0.717, 1.165) is 4.57 Å². The molecule has 7 nitrogen and oxygen atoms in total. The molecule has 2 N–H and O–H groups in total. The zero-order valence-corrected chi connectivity index (χ0v) is 16.0. The number of ether oxygens (including phenoxy) is 1. The number of carbonyl (C=O) groups excluding carboxylic acids is 1. The molecule has 0 atom stereocenters. The average Bonchev–Trinajstić information content (AvgIpc) is 3.04. The lowest BCUT2D eigenvalue weighted by molar-refractivity contribution is -0.147. The van der Waals surface area contributed by atoms with Gasteiger partial charge in [0.05, 0.1) is 12.1 Å². The number of carbonyl (C=O) groups is 1. The Balaban J connectivity index is 1.58. The van der Waals surface area contributed by atoms with Crippen molar-refractivity contribution >= 4 is 34.5 Å². The summed E-state index contributed by atoms with van der Waals surface area (Å²) in [5, 5.41) is 5.52. The molecular weight excluding hydrogens is 411 g/mol. The minimum atomic E-state index is -4.60. The van der Waals surface area contributed by atoms with Gasteiger partial charge in [0.1, 0.15) is 11.3 Å². The summed E-state index contributed by atoms with van der Waals surface area (Å²) in [6, 6.07) is 7.24. The van der Waals surface area contributed by atoms with Crippen LogP contribution >= 0.6 is 11.6 Å². The number of hydrogen-bond acceptors (Lipinski definition) is 4. The van der Waals surface area contributed by atoms with E-state index in [1.54, 1.807) is 12.1 Å². The molecule has 0 bridgehead atoms. The summed E-state index contributed by atoms with van der Waals surface area (Å²) in [6.07, 6.45) is -2.94. The summed E-state index contributed by atoms with van der Waals surface area (Å²) in [5.41, 5.74) is 0.775. The molecule has 2 amide bonds. The molecule has 0 aliphatic carbocycles. The van der Waals surface area contributed by atoms with E-state index in [9.17, 15) is 18.0 Å². The molecule has 0 spiro atoms. The highest BCUT2D eigenvalue weighted by atomic mass is 35.5. The van der Waals surface area contributed by atoms with Gasteiger partial charge in [-0.1, -0.05) is 11.6 Å². The van der Waals surface area contributed by atoms with Crippen molar-refractivity contribution in [3.8, 4) is 5.75 Å². The maximum Gasteiger partial charge on any atom is 0.449 e. The van der Waals surface area contributed by atoms with Gasteiger partial charge in [0.2, 0.25) is 5.82 Å². The Kier molecular flexibility index (Phi) is 6.12. The maximum atomic E-state index is 13.2. The Morgan fingerprint density at radius 3 is 2.79 bits per heavy atom. The molecule has 2 heterocycles. The molecule has 3 rings (SSSR count). The summed E-state index contributed by atoms with van der Waals surface area (Å²) >= 11 is 5.99. The lowest BCUT2D eigenvalue weighted by atomic mass is 10.3. The van der Waals surface area contributed by atoms with E-state index in [1.165, 1.54) is 31.5 Å². The van der Waals surface area contributed by atoms with Crippen LogP contribution in [0.3, 0.4) is 0 Å². The number of anilines is 1. The van der Waals surface area contributed by atoms with Crippen molar-refractivity contribution in [2.45, 2.75) is 19.1 Å². The number of benzene rings is 1. The summed E-state index contributed by atoms with van der Waals surface area (Å²) in [7, 11) is 1.48. The number of fused-ring (bicyclic) bond motifs is 1. The molecule has 0 saturated carbocycles. The van der Waals surface area contributed by atoms with Gasteiger partial charge in [-0.2, -0.15) is 13.2 Å². The molecule has 154 valence electrons. The number of nitrogens with one attached hydrogen (secondary N) is 2. The van der Waals surface area contributed by atoms with Crippen LogP contribution in [0.4, 0.5) is 23.7 Å². The number of methoxy groups -OCH3 is 1. The Hall–Kier alpha value is -3.01. The van der Waals surface area contributed by atoms with Crippen molar-refractivity contribution in [3.05, 3.63) is 47.4 Å². The predicted octanol–water partition coefficient (Wildman–Crippen LogP) is 4.32. The van der Waals surface area contributed by atoms with Crippen molar-refractivity contribution in [1.82, 2.24) is 19.9 Å². The van der Waals surface area contributed by atoms with E-state index in [2.05, 4.69) is 20.6 Å². The van der Waals surface area contributed by atoms with E-state index in [0.29, 0.717) is 16.5 Å². The normalized spacial score (nSPS) is 11.5. The number of halogens is 4. The number of aryl methyl sites for hydroxylation is 1. The first kappa shape index (κ1) is 20.7. The first-order chi connectivity index (χ1) is 13.8. The number of urea groups is 1. The summed E-state index contributed by atoms with van der Waals surface area (Å²) < 4.78 is 45.8. The minimum Gasteiger partial charge on any atom is -0.495 e. The highest BCUT2D eigenvalue weighted by Crippen LogP contribution is 2.31. The van der Waals surface area contributed by atoms with Crippen LogP contribution in [0.5, 0.6) is 5.75 Å². The van der Waals surface area contributed by atoms with Gasteiger partial charge in [-0.05, 0) is 36.8 Å². The van der Waals surface area contributed by atoms with Crippen LogP contribution in [0, 0.1) is 0 Å². The quantitative estimate of drug-likeness (QED) is 0.574. The number of amides is 2. The van der Waals surface area contributed by atoms with Crippen molar-refractivity contribution < 1.29 is 22.7 Å². The molecule has 0 unspecified atom stereocenters. The van der Waals surface area contributed by atoms with Gasteiger partial charge in [-0.25, -0.2) is 14.8 Å². The second kappa shape index (κ2) is 8.56. The monoisotopic (exact) mass is 427 g/mol. The van der Waals surface area contributed by atoms with Gasteiger partial charge < -0.3 is 19.9 Å². The lowest BCUT2D eigenvalue weighted by Crippen LogP contribution is -2.30. The molecule has 0 radical (unpaired) electrons. The van der Waals surface area contributed by atoms with Crippen molar-refractivity contribution in [2.75, 3.05) is 19.0 Å². The Morgan fingerprint density at radius 2 is 2.10 bits per heavy atom. The summed E-state index contributed by atoms with van der Waals surface area (Å²) in [6.45, 7) is 0.149.